The number of ether oxygens (including phenoxy) is 2. The van der Waals surface area contributed by atoms with Crippen molar-refractivity contribution in [3.05, 3.63) is 100 Å². The maximum absolute atomic E-state index is 13.8. The molecule has 1 saturated carbocycles. The topological polar surface area (TPSA) is 88.1 Å². The SMILES string of the molecule is Cc1cccc(OCCN(C(=O)C2=C(c3ccc(CCCOc4c(F)ccc(F)c4F)cc3)CCNC2)C2CC2)c1.O=C(O)C(F)(F)F. The van der Waals surface area contributed by atoms with E-state index in [0.717, 1.165) is 71.5 Å². The number of carbonyl (C=O) groups is 2. The maximum atomic E-state index is 13.8. The van der Waals surface area contributed by atoms with Crippen molar-refractivity contribution in [1.82, 2.24) is 10.2 Å². The number of benzene rings is 3. The van der Waals surface area contributed by atoms with Gasteiger partial charge in [-0.2, -0.15) is 17.6 Å². The van der Waals surface area contributed by atoms with Crippen molar-refractivity contribution in [2.24, 2.45) is 0 Å². The van der Waals surface area contributed by atoms with Crippen LogP contribution in [0, 0.1) is 24.4 Å². The molecule has 3 aromatic carbocycles. The summed E-state index contributed by atoms with van der Waals surface area (Å²) in [6.07, 6.45) is -1.16. The molecule has 1 aliphatic carbocycles. The third-order valence-corrected chi connectivity index (χ3v) is 7.72. The number of rotatable bonds is 12. The predicted octanol–water partition coefficient (Wildman–Crippen LogP) is 6.87. The Morgan fingerprint density at radius 2 is 1.65 bits per heavy atom. The molecule has 0 aromatic heterocycles. The van der Waals surface area contributed by atoms with Gasteiger partial charge in [-0.1, -0.05) is 36.4 Å². The van der Waals surface area contributed by atoms with Crippen molar-refractivity contribution in [2.45, 2.75) is 51.2 Å². The van der Waals surface area contributed by atoms with E-state index in [-0.39, 0.29) is 18.6 Å². The first-order chi connectivity index (χ1) is 22.8. The van der Waals surface area contributed by atoms with Gasteiger partial charge >= 0.3 is 12.1 Å². The zero-order chi connectivity index (χ0) is 34.8. The first kappa shape index (κ1) is 36.3. The Labute approximate surface area is 274 Å². The van der Waals surface area contributed by atoms with E-state index in [1.807, 2.05) is 60.4 Å². The average Bonchev–Trinajstić information content (AvgIpc) is 3.90. The largest absolute Gasteiger partial charge is 0.492 e. The van der Waals surface area contributed by atoms with Gasteiger partial charge in [0.25, 0.3) is 5.91 Å². The highest BCUT2D eigenvalue weighted by Crippen LogP contribution is 2.32. The van der Waals surface area contributed by atoms with Crippen molar-refractivity contribution < 1.29 is 50.5 Å². The van der Waals surface area contributed by atoms with Crippen LogP contribution in [-0.2, 0) is 16.0 Å². The Balaban J connectivity index is 0.000000671. The number of alkyl halides is 3. The van der Waals surface area contributed by atoms with Crippen LogP contribution >= 0.6 is 0 Å². The molecular weight excluding hydrogens is 642 g/mol. The van der Waals surface area contributed by atoms with Crippen LogP contribution in [0.2, 0.25) is 0 Å². The first-order valence-corrected chi connectivity index (χ1v) is 15.4. The Bertz CT molecular complexity index is 1610. The van der Waals surface area contributed by atoms with Crippen LogP contribution in [0.5, 0.6) is 11.5 Å². The van der Waals surface area contributed by atoms with E-state index < -0.39 is 35.3 Å². The van der Waals surface area contributed by atoms with Gasteiger partial charge in [-0.25, -0.2) is 13.6 Å². The van der Waals surface area contributed by atoms with Gasteiger partial charge in [0.15, 0.2) is 17.4 Å². The molecule has 3 aromatic rings. The van der Waals surface area contributed by atoms with Crippen molar-refractivity contribution in [2.75, 3.05) is 32.8 Å². The lowest BCUT2D eigenvalue weighted by atomic mass is 9.92. The highest BCUT2D eigenvalue weighted by Gasteiger charge is 2.38. The Morgan fingerprint density at radius 1 is 0.958 bits per heavy atom. The predicted molar refractivity (Wildman–Crippen MR) is 166 cm³/mol. The molecule has 258 valence electrons. The molecule has 0 atom stereocenters. The number of carboxylic acid groups (broad SMARTS) is 1. The number of carboxylic acids is 1. The number of carbonyl (C=O) groups excluding carboxylic acids is 1. The number of hydrogen-bond acceptors (Lipinski definition) is 5. The summed E-state index contributed by atoms with van der Waals surface area (Å²) in [6.45, 7) is 4.40. The van der Waals surface area contributed by atoms with Crippen LogP contribution in [0.3, 0.4) is 0 Å². The van der Waals surface area contributed by atoms with Crippen LogP contribution in [0.15, 0.2) is 66.2 Å². The summed E-state index contributed by atoms with van der Waals surface area (Å²) in [5.41, 5.74) is 5.05. The summed E-state index contributed by atoms with van der Waals surface area (Å²) in [6, 6.07) is 17.8. The van der Waals surface area contributed by atoms with Gasteiger partial charge in [0.2, 0.25) is 5.82 Å². The normalized spacial score (nSPS) is 14.6. The van der Waals surface area contributed by atoms with E-state index >= 15 is 0 Å². The lowest BCUT2D eigenvalue weighted by Gasteiger charge is -2.28. The zero-order valence-electron chi connectivity index (χ0n) is 26.2. The van der Waals surface area contributed by atoms with Gasteiger partial charge in [0.05, 0.1) is 13.2 Å². The maximum Gasteiger partial charge on any atom is 0.490 e. The number of nitrogens with zero attached hydrogens (tertiary/aromatic N) is 1. The zero-order valence-corrected chi connectivity index (χ0v) is 26.2. The minimum Gasteiger partial charge on any atom is -0.492 e. The van der Waals surface area contributed by atoms with E-state index in [9.17, 15) is 31.1 Å². The summed E-state index contributed by atoms with van der Waals surface area (Å²) in [4.78, 5) is 24.6. The van der Waals surface area contributed by atoms with E-state index in [1.54, 1.807) is 0 Å². The Kier molecular flexibility index (Phi) is 12.5. The second-order valence-electron chi connectivity index (χ2n) is 11.4. The first-order valence-electron chi connectivity index (χ1n) is 15.4. The molecule has 48 heavy (non-hydrogen) atoms. The van der Waals surface area contributed by atoms with Crippen molar-refractivity contribution in [3.8, 4) is 11.5 Å². The molecule has 1 heterocycles. The van der Waals surface area contributed by atoms with Gasteiger partial charge in [-0.15, -0.1) is 0 Å². The van der Waals surface area contributed by atoms with Crippen molar-refractivity contribution in [1.29, 1.82) is 0 Å². The fourth-order valence-corrected chi connectivity index (χ4v) is 5.15. The molecule has 5 rings (SSSR count). The molecule has 1 aliphatic heterocycles. The highest BCUT2D eigenvalue weighted by atomic mass is 19.4. The van der Waals surface area contributed by atoms with Crippen LogP contribution in [-0.4, -0.2) is 66.9 Å². The lowest BCUT2D eigenvalue weighted by Crippen LogP contribution is -2.41. The van der Waals surface area contributed by atoms with E-state index in [0.29, 0.717) is 32.5 Å². The second-order valence-corrected chi connectivity index (χ2v) is 11.4. The van der Waals surface area contributed by atoms with Crippen LogP contribution in [0.4, 0.5) is 26.3 Å². The molecule has 2 N–H and O–H groups in total. The number of halogens is 6. The molecule has 1 amide bonds. The molecule has 7 nitrogen and oxygen atoms in total. The van der Waals surface area contributed by atoms with Gasteiger partial charge in [-0.3, -0.25) is 4.79 Å². The minimum absolute atomic E-state index is 0.0547. The van der Waals surface area contributed by atoms with Crippen LogP contribution < -0.4 is 14.8 Å². The average molecular weight is 679 g/mol. The van der Waals surface area contributed by atoms with Crippen molar-refractivity contribution in [3.63, 3.8) is 0 Å². The molecular formula is C35H36F6N2O5. The van der Waals surface area contributed by atoms with Gasteiger partial charge in [-0.05, 0) is 92.1 Å². The summed E-state index contributed by atoms with van der Waals surface area (Å²) in [5, 5.41) is 10.5. The number of aryl methyl sites for hydroxylation is 2. The fraction of sp³-hybridized carbons (Fsp3) is 0.371. The summed E-state index contributed by atoms with van der Waals surface area (Å²) in [5.74, 6) is -5.93. The van der Waals surface area contributed by atoms with Crippen LogP contribution in [0.25, 0.3) is 5.57 Å². The van der Waals surface area contributed by atoms with Crippen LogP contribution in [0.1, 0.15) is 42.4 Å². The number of nitrogens with one attached hydrogen (secondary N) is 1. The molecule has 0 radical (unpaired) electrons. The fourth-order valence-electron chi connectivity index (χ4n) is 5.15. The smallest absolute Gasteiger partial charge is 0.490 e. The summed E-state index contributed by atoms with van der Waals surface area (Å²) < 4.78 is 83.8. The Hall–Kier alpha value is -4.52. The number of amides is 1. The van der Waals surface area contributed by atoms with E-state index in [4.69, 9.17) is 19.4 Å². The highest BCUT2D eigenvalue weighted by molar-refractivity contribution is 6.02. The Morgan fingerprint density at radius 3 is 2.29 bits per heavy atom. The van der Waals surface area contributed by atoms with Crippen molar-refractivity contribution >= 4 is 17.4 Å². The minimum atomic E-state index is -5.08. The molecule has 0 spiro atoms. The van der Waals surface area contributed by atoms with E-state index in [2.05, 4.69) is 5.32 Å². The van der Waals surface area contributed by atoms with E-state index in [1.165, 1.54) is 0 Å². The van der Waals surface area contributed by atoms with Gasteiger partial charge < -0.3 is 24.8 Å². The summed E-state index contributed by atoms with van der Waals surface area (Å²) >= 11 is 0. The molecule has 13 heteroatoms. The second kappa shape index (κ2) is 16.5. The van der Waals surface area contributed by atoms with Gasteiger partial charge in [0.1, 0.15) is 12.4 Å². The number of aliphatic carboxylic acids is 1. The molecule has 0 saturated heterocycles. The molecule has 0 unspecified atom stereocenters. The standard InChI is InChI=1S/C33H35F3N2O3.C2HF3O2/c1-22-4-2-6-26(20-22)40-19-17-38(25-11-12-25)33(39)28-21-37-16-15-27(28)24-9-7-23(8-10-24)5-3-18-41-32-30(35)14-13-29(34)31(32)36;3-2(4,5)1(6)7/h2,4,6-10,13-14,20,25,37H,3,5,11-12,15-19,21H2,1H3;(H,6,7). The molecule has 1 fully saturated rings. The molecule has 2 aliphatic rings. The monoisotopic (exact) mass is 678 g/mol. The van der Waals surface area contributed by atoms with Gasteiger partial charge in [0, 0.05) is 18.2 Å². The number of hydrogen-bond donors (Lipinski definition) is 2. The quantitative estimate of drug-likeness (QED) is 0.124. The third-order valence-electron chi connectivity index (χ3n) is 7.72. The summed E-state index contributed by atoms with van der Waals surface area (Å²) in [7, 11) is 0. The lowest BCUT2D eigenvalue weighted by molar-refractivity contribution is -0.192. The molecule has 0 bridgehead atoms. The third kappa shape index (κ3) is 10.2.